The van der Waals surface area contributed by atoms with Crippen LogP contribution in [0.4, 0.5) is 0 Å². The Morgan fingerprint density at radius 2 is 1.94 bits per heavy atom. The second-order valence-electron chi connectivity index (χ2n) is 8.47. The van der Waals surface area contributed by atoms with Gasteiger partial charge in [0.1, 0.15) is 26.3 Å². The molecule has 0 amide bonds. The number of rotatable bonds is 9. The van der Waals surface area contributed by atoms with Gasteiger partial charge in [-0.15, -0.1) is 0 Å². The molecular formula is C21H36N5O4P. The van der Waals surface area contributed by atoms with Crippen molar-refractivity contribution in [1.82, 2.24) is 24.2 Å². The first-order valence-corrected chi connectivity index (χ1v) is 12.7. The van der Waals surface area contributed by atoms with E-state index in [1.807, 2.05) is 11.5 Å². The predicted octanol–water partition coefficient (Wildman–Crippen LogP) is 3.59. The van der Waals surface area contributed by atoms with Crippen molar-refractivity contribution in [3.63, 3.8) is 0 Å². The number of aryl methyl sites for hydroxylation is 1. The van der Waals surface area contributed by atoms with Crippen molar-refractivity contribution >= 4 is 19.5 Å². The second-order valence-corrected chi connectivity index (χ2v) is 10.1. The Morgan fingerprint density at radius 3 is 2.52 bits per heavy atom. The molecule has 1 N–H and O–H groups in total. The van der Waals surface area contributed by atoms with Crippen molar-refractivity contribution in [1.29, 1.82) is 0 Å². The van der Waals surface area contributed by atoms with Crippen LogP contribution in [0.1, 0.15) is 60.0 Å². The summed E-state index contributed by atoms with van der Waals surface area (Å²) >= 11 is 0. The number of hydrogen-bond acceptors (Lipinski definition) is 7. The van der Waals surface area contributed by atoms with Gasteiger partial charge in [0, 0.05) is 18.7 Å². The highest BCUT2D eigenvalue weighted by Gasteiger charge is 2.48. The summed E-state index contributed by atoms with van der Waals surface area (Å²) in [6, 6.07) is 0.697. The van der Waals surface area contributed by atoms with E-state index in [0.29, 0.717) is 35.7 Å². The zero-order valence-corrected chi connectivity index (χ0v) is 20.7. The van der Waals surface area contributed by atoms with Crippen molar-refractivity contribution in [2.24, 2.45) is 0 Å². The summed E-state index contributed by atoms with van der Waals surface area (Å²) < 4.78 is 23.5. The van der Waals surface area contributed by atoms with E-state index >= 15 is 0 Å². The van der Waals surface area contributed by atoms with Gasteiger partial charge in [-0.2, -0.15) is 0 Å². The Kier molecular flexibility index (Phi) is 7.86. The van der Waals surface area contributed by atoms with E-state index in [2.05, 4.69) is 60.9 Å². The predicted molar refractivity (Wildman–Crippen MR) is 122 cm³/mol. The molecule has 0 bridgehead atoms. The Hall–Kier alpha value is -1.38. The molecule has 0 radical (unpaired) electrons. The average molecular weight is 454 g/mol. The van der Waals surface area contributed by atoms with Gasteiger partial charge in [0.15, 0.2) is 17.4 Å². The van der Waals surface area contributed by atoms with E-state index in [4.69, 9.17) is 14.0 Å². The highest BCUT2D eigenvalue weighted by atomic mass is 31.2. The summed E-state index contributed by atoms with van der Waals surface area (Å²) in [7, 11) is -0.902. The molecule has 9 nitrogen and oxygen atoms in total. The van der Waals surface area contributed by atoms with Gasteiger partial charge in [-0.25, -0.2) is 9.97 Å². The topological polar surface area (TPSA) is 94.5 Å². The first kappa shape index (κ1) is 24.3. The minimum Gasteiger partial charge on any atom is -0.373 e. The molecule has 2 aromatic heterocycles. The van der Waals surface area contributed by atoms with Crippen LogP contribution in [0.25, 0.3) is 11.2 Å². The van der Waals surface area contributed by atoms with Crippen LogP contribution < -0.4 is 5.56 Å². The maximum absolute atomic E-state index is 12.3. The average Bonchev–Trinajstić information content (AvgIpc) is 3.23. The maximum Gasteiger partial charge on any atom is 0.279 e. The van der Waals surface area contributed by atoms with E-state index in [1.165, 1.54) is 0 Å². The lowest BCUT2D eigenvalue weighted by atomic mass is 10.1. The lowest BCUT2D eigenvalue weighted by Gasteiger charge is -2.38. The SMILES string of the molecule is CCOC1[C@@H](CC)O[C@@H](n2cnc3c(=O)[nH]c(C)nc32)[C@H]1OP(C)N(C(C)C)C(C)C. The summed E-state index contributed by atoms with van der Waals surface area (Å²) in [6.45, 7) is 17.3. The van der Waals surface area contributed by atoms with Crippen LogP contribution in [0, 0.1) is 6.92 Å². The fourth-order valence-electron chi connectivity index (χ4n) is 4.47. The fourth-order valence-corrected chi connectivity index (χ4v) is 6.45. The summed E-state index contributed by atoms with van der Waals surface area (Å²) in [6.07, 6.45) is 1.25. The lowest BCUT2D eigenvalue weighted by Crippen LogP contribution is -2.39. The molecule has 1 saturated heterocycles. The van der Waals surface area contributed by atoms with Crippen LogP contribution in [-0.4, -0.2) is 67.9 Å². The number of aromatic nitrogens is 4. The number of hydrogen-bond donors (Lipinski definition) is 1. The molecule has 3 rings (SSSR count). The van der Waals surface area contributed by atoms with Crippen molar-refractivity contribution < 1.29 is 14.0 Å². The van der Waals surface area contributed by atoms with Gasteiger partial charge in [0.2, 0.25) is 0 Å². The molecule has 2 aromatic rings. The van der Waals surface area contributed by atoms with Crippen LogP contribution in [0.15, 0.2) is 11.1 Å². The normalized spacial score (nSPS) is 25.4. The van der Waals surface area contributed by atoms with Crippen LogP contribution in [-0.2, 0) is 14.0 Å². The van der Waals surface area contributed by atoms with E-state index in [1.54, 1.807) is 13.3 Å². The molecule has 1 fully saturated rings. The number of ether oxygens (including phenoxy) is 2. The van der Waals surface area contributed by atoms with Gasteiger partial charge in [0.05, 0.1) is 12.4 Å². The van der Waals surface area contributed by atoms with Gasteiger partial charge in [0.25, 0.3) is 5.56 Å². The molecule has 3 heterocycles. The first-order valence-electron chi connectivity index (χ1n) is 11.1. The third kappa shape index (κ3) is 4.86. The number of fused-ring (bicyclic) bond motifs is 1. The molecule has 10 heteroatoms. The molecule has 1 aliphatic heterocycles. The summed E-state index contributed by atoms with van der Waals surface area (Å²) in [5, 5.41) is 0. The molecule has 0 saturated carbocycles. The number of aromatic amines is 1. The van der Waals surface area contributed by atoms with Crippen LogP contribution in [0.3, 0.4) is 0 Å². The van der Waals surface area contributed by atoms with Crippen LogP contribution >= 0.6 is 8.30 Å². The minimum atomic E-state index is -0.902. The smallest absolute Gasteiger partial charge is 0.279 e. The number of H-pyrrole nitrogens is 1. The van der Waals surface area contributed by atoms with Gasteiger partial charge in [-0.05, 0) is 54.6 Å². The monoisotopic (exact) mass is 453 g/mol. The van der Waals surface area contributed by atoms with Gasteiger partial charge < -0.3 is 19.0 Å². The van der Waals surface area contributed by atoms with E-state index in [0.717, 1.165) is 6.42 Å². The van der Waals surface area contributed by atoms with E-state index in [-0.39, 0.29) is 23.9 Å². The van der Waals surface area contributed by atoms with Crippen molar-refractivity contribution in [2.75, 3.05) is 13.3 Å². The van der Waals surface area contributed by atoms with Gasteiger partial charge >= 0.3 is 0 Å². The van der Waals surface area contributed by atoms with Crippen molar-refractivity contribution in [3.8, 4) is 0 Å². The Labute approximate surface area is 185 Å². The van der Waals surface area contributed by atoms with Gasteiger partial charge in [-0.3, -0.25) is 14.0 Å². The van der Waals surface area contributed by atoms with Gasteiger partial charge in [-0.1, -0.05) is 6.92 Å². The molecule has 174 valence electrons. The lowest BCUT2D eigenvalue weighted by molar-refractivity contribution is -0.0360. The summed E-state index contributed by atoms with van der Waals surface area (Å²) in [4.78, 5) is 23.9. The fraction of sp³-hybridized carbons (Fsp3) is 0.762. The summed E-state index contributed by atoms with van der Waals surface area (Å²) in [5.74, 6) is 0.534. The molecule has 0 aromatic carbocycles. The van der Waals surface area contributed by atoms with Crippen LogP contribution in [0.5, 0.6) is 0 Å². The Morgan fingerprint density at radius 1 is 1.26 bits per heavy atom. The zero-order valence-electron chi connectivity index (χ0n) is 19.8. The standard InChI is InChI=1S/C21H36N5O4P/c1-9-15-17(28-10-2)18(30-31(8)26(12(3)4)13(5)6)21(29-15)25-11-22-16-19(25)23-14(7)24-20(16)27/h11-13,15,17-18,21H,9-10H2,1-8H3,(H,23,24,27)/t15-,17?,18+,21-,31?/m1/s1. The van der Waals surface area contributed by atoms with Crippen LogP contribution in [0.2, 0.25) is 0 Å². The second kappa shape index (κ2) is 10.0. The van der Waals surface area contributed by atoms with Crippen molar-refractivity contribution in [3.05, 3.63) is 22.5 Å². The molecule has 0 spiro atoms. The van der Waals surface area contributed by atoms with E-state index < -0.39 is 14.5 Å². The first-order chi connectivity index (χ1) is 14.7. The quantitative estimate of drug-likeness (QED) is 0.580. The molecule has 1 aliphatic rings. The Bertz CT molecular complexity index is 922. The minimum absolute atomic E-state index is 0.120. The zero-order chi connectivity index (χ0) is 22.9. The third-order valence-electron chi connectivity index (χ3n) is 5.53. The third-order valence-corrected chi connectivity index (χ3v) is 7.65. The maximum atomic E-state index is 12.3. The van der Waals surface area contributed by atoms with E-state index in [9.17, 15) is 4.79 Å². The molecular weight excluding hydrogens is 417 g/mol. The Balaban J connectivity index is 2.02. The number of nitrogens with one attached hydrogen (secondary N) is 1. The number of nitrogens with zero attached hydrogens (tertiary/aromatic N) is 4. The largest absolute Gasteiger partial charge is 0.373 e. The highest BCUT2D eigenvalue weighted by Crippen LogP contribution is 2.48. The summed E-state index contributed by atoms with van der Waals surface area (Å²) in [5.41, 5.74) is 0.538. The molecule has 31 heavy (non-hydrogen) atoms. The number of imidazole rings is 1. The molecule has 2 unspecified atom stereocenters. The molecule has 5 atom stereocenters. The highest BCUT2D eigenvalue weighted by molar-refractivity contribution is 7.49. The van der Waals surface area contributed by atoms with Crippen molar-refractivity contribution in [2.45, 2.75) is 91.5 Å². The molecule has 0 aliphatic carbocycles.